The summed E-state index contributed by atoms with van der Waals surface area (Å²) >= 11 is 2.05. The lowest BCUT2D eigenvalue weighted by molar-refractivity contribution is 0.725. The average Bonchev–Trinajstić information content (AvgIpc) is 3.25. The quantitative estimate of drug-likeness (QED) is 0.387. The molecule has 6 nitrogen and oxygen atoms in total. The molecular weight excluding hydrogens is 459 g/mol. The first kappa shape index (κ1) is 21.0. The summed E-state index contributed by atoms with van der Waals surface area (Å²) in [7, 11) is 1.81. The molecule has 0 bridgehead atoms. The van der Waals surface area contributed by atoms with Crippen LogP contribution in [0.25, 0.3) is 5.82 Å². The Bertz CT molecular complexity index is 722. The fourth-order valence-corrected chi connectivity index (χ4v) is 4.13. The Hall–Kier alpha value is -1.29. The predicted octanol–water partition coefficient (Wildman–Crippen LogP) is 3.06. The maximum absolute atomic E-state index is 4.53. The fraction of sp³-hybridized carbons (Fsp3) is 0.500. The first-order valence-electron chi connectivity index (χ1n) is 8.70. The van der Waals surface area contributed by atoms with Crippen LogP contribution in [0.2, 0.25) is 0 Å². The molecule has 1 unspecified atom stereocenters. The summed E-state index contributed by atoms with van der Waals surface area (Å²) in [6, 6.07) is 6.13. The molecule has 1 aliphatic heterocycles. The van der Waals surface area contributed by atoms with Gasteiger partial charge in [0.25, 0.3) is 0 Å². The number of hydrogen-bond donors (Lipinski definition) is 2. The van der Waals surface area contributed by atoms with E-state index in [1.54, 1.807) is 7.05 Å². The number of thioether (sulfide) groups is 1. The van der Waals surface area contributed by atoms with E-state index in [4.69, 9.17) is 0 Å². The molecule has 1 aliphatic rings. The van der Waals surface area contributed by atoms with Gasteiger partial charge in [-0.15, -0.1) is 24.0 Å². The second-order valence-electron chi connectivity index (χ2n) is 6.31. The largest absolute Gasteiger partial charge is 0.355 e. The van der Waals surface area contributed by atoms with E-state index in [2.05, 4.69) is 37.8 Å². The van der Waals surface area contributed by atoms with Gasteiger partial charge < -0.3 is 10.6 Å². The first-order chi connectivity index (χ1) is 12.2. The number of nitrogens with one attached hydrogen (secondary N) is 2. The lowest BCUT2D eigenvalue weighted by atomic mass is 10.2. The molecule has 0 amide bonds. The maximum Gasteiger partial charge on any atom is 0.191 e. The van der Waals surface area contributed by atoms with Gasteiger partial charge in [0.1, 0.15) is 0 Å². The van der Waals surface area contributed by atoms with E-state index in [0.29, 0.717) is 11.8 Å². The number of rotatable bonds is 5. The molecule has 0 saturated carbocycles. The van der Waals surface area contributed by atoms with Crippen LogP contribution >= 0.6 is 35.7 Å². The van der Waals surface area contributed by atoms with Crippen LogP contribution in [0.3, 0.4) is 0 Å². The van der Waals surface area contributed by atoms with Crippen LogP contribution in [-0.4, -0.2) is 45.3 Å². The molecule has 3 rings (SSSR count). The topological polar surface area (TPSA) is 67.1 Å². The third-order valence-corrected chi connectivity index (χ3v) is 5.64. The van der Waals surface area contributed by atoms with Gasteiger partial charge in [0, 0.05) is 37.3 Å². The van der Waals surface area contributed by atoms with Gasteiger partial charge in [-0.2, -0.15) is 16.9 Å². The lowest BCUT2D eigenvalue weighted by Gasteiger charge is -2.15. The Kier molecular flexibility index (Phi) is 8.20. The molecule has 1 atom stereocenters. The molecule has 0 aliphatic carbocycles. The number of halogens is 1. The minimum Gasteiger partial charge on any atom is -0.355 e. The molecule has 1 fully saturated rings. The third-order valence-electron chi connectivity index (χ3n) is 4.24. The SMILES string of the molecule is CN=C(NCc1ccc(-n2nc(C)cc2C)nc1)NCC1CCCS1.I. The third kappa shape index (κ3) is 5.60. The lowest BCUT2D eigenvalue weighted by Crippen LogP contribution is -2.39. The van der Waals surface area contributed by atoms with Gasteiger partial charge in [0.2, 0.25) is 0 Å². The molecule has 26 heavy (non-hydrogen) atoms. The van der Waals surface area contributed by atoms with Gasteiger partial charge in [-0.3, -0.25) is 4.99 Å². The number of aryl methyl sites for hydroxylation is 2. The Morgan fingerprint density at radius 1 is 1.35 bits per heavy atom. The molecule has 2 aromatic heterocycles. The normalized spacial score (nSPS) is 17.0. The smallest absolute Gasteiger partial charge is 0.191 e. The van der Waals surface area contributed by atoms with Crippen molar-refractivity contribution in [1.29, 1.82) is 0 Å². The standard InChI is InChI=1S/C18H26N6S.HI/c1-13-9-14(2)24(23-13)17-7-6-15(10-20-17)11-21-18(19-3)22-12-16-5-4-8-25-16;/h6-7,9-10,16H,4-5,8,11-12H2,1-3H3,(H2,19,21,22);1H. The average molecular weight is 486 g/mol. The summed E-state index contributed by atoms with van der Waals surface area (Å²) in [5.74, 6) is 2.97. The van der Waals surface area contributed by atoms with Crippen LogP contribution < -0.4 is 10.6 Å². The highest BCUT2D eigenvalue weighted by Gasteiger charge is 2.15. The van der Waals surface area contributed by atoms with Crippen LogP contribution in [0.15, 0.2) is 29.4 Å². The van der Waals surface area contributed by atoms with Gasteiger partial charge >= 0.3 is 0 Å². The Labute approximate surface area is 176 Å². The van der Waals surface area contributed by atoms with Gasteiger partial charge in [-0.05, 0) is 50.1 Å². The van der Waals surface area contributed by atoms with Crippen molar-refractivity contribution in [3.05, 3.63) is 41.3 Å². The van der Waals surface area contributed by atoms with Crippen molar-refractivity contribution in [3.63, 3.8) is 0 Å². The van der Waals surface area contributed by atoms with Crippen LogP contribution in [0.1, 0.15) is 29.8 Å². The molecule has 0 aromatic carbocycles. The predicted molar refractivity (Wildman–Crippen MR) is 120 cm³/mol. The molecule has 1 saturated heterocycles. The van der Waals surface area contributed by atoms with Crippen molar-refractivity contribution in [3.8, 4) is 5.82 Å². The van der Waals surface area contributed by atoms with Gasteiger partial charge in [-0.1, -0.05) is 6.07 Å². The zero-order valence-electron chi connectivity index (χ0n) is 15.5. The fourth-order valence-electron chi connectivity index (χ4n) is 2.93. The molecule has 0 radical (unpaired) electrons. The number of aliphatic imine (C=N–C) groups is 1. The number of aromatic nitrogens is 3. The summed E-state index contributed by atoms with van der Waals surface area (Å²) in [6.45, 7) is 5.70. The van der Waals surface area contributed by atoms with Crippen molar-refractivity contribution in [2.24, 2.45) is 4.99 Å². The second-order valence-corrected chi connectivity index (χ2v) is 7.71. The van der Waals surface area contributed by atoms with Crippen molar-refractivity contribution in [1.82, 2.24) is 25.4 Å². The minimum absolute atomic E-state index is 0. The molecular formula is C18H27IN6S. The van der Waals surface area contributed by atoms with Crippen molar-refractivity contribution < 1.29 is 0 Å². The van der Waals surface area contributed by atoms with Crippen LogP contribution in [-0.2, 0) is 6.54 Å². The van der Waals surface area contributed by atoms with E-state index in [1.807, 2.05) is 42.6 Å². The molecule has 142 valence electrons. The molecule has 2 aromatic rings. The summed E-state index contributed by atoms with van der Waals surface area (Å²) < 4.78 is 1.87. The number of pyridine rings is 1. The highest BCUT2D eigenvalue weighted by molar-refractivity contribution is 14.0. The Morgan fingerprint density at radius 2 is 2.19 bits per heavy atom. The summed E-state index contributed by atoms with van der Waals surface area (Å²) in [6.07, 6.45) is 4.52. The number of guanidine groups is 1. The van der Waals surface area contributed by atoms with Crippen molar-refractivity contribution >= 4 is 41.7 Å². The number of nitrogens with zero attached hydrogens (tertiary/aromatic N) is 4. The van der Waals surface area contributed by atoms with E-state index in [-0.39, 0.29) is 24.0 Å². The maximum atomic E-state index is 4.53. The van der Waals surface area contributed by atoms with Gasteiger partial charge in [0.15, 0.2) is 11.8 Å². The minimum atomic E-state index is 0. The number of hydrogen-bond acceptors (Lipinski definition) is 4. The molecule has 2 N–H and O–H groups in total. The van der Waals surface area contributed by atoms with E-state index in [9.17, 15) is 0 Å². The van der Waals surface area contributed by atoms with Crippen LogP contribution in [0.5, 0.6) is 0 Å². The molecule has 8 heteroatoms. The molecule has 3 heterocycles. The summed E-state index contributed by atoms with van der Waals surface area (Å²) in [5.41, 5.74) is 3.20. The highest BCUT2D eigenvalue weighted by Crippen LogP contribution is 2.25. The zero-order chi connectivity index (χ0) is 17.6. The van der Waals surface area contributed by atoms with Crippen LogP contribution in [0.4, 0.5) is 0 Å². The first-order valence-corrected chi connectivity index (χ1v) is 9.75. The van der Waals surface area contributed by atoms with Gasteiger partial charge in [0.05, 0.1) is 5.69 Å². The monoisotopic (exact) mass is 486 g/mol. The van der Waals surface area contributed by atoms with Crippen LogP contribution in [0, 0.1) is 13.8 Å². The Morgan fingerprint density at radius 3 is 2.77 bits per heavy atom. The Balaban J connectivity index is 0.00000243. The van der Waals surface area contributed by atoms with Gasteiger partial charge in [-0.25, -0.2) is 9.67 Å². The van der Waals surface area contributed by atoms with Crippen molar-refractivity contribution in [2.75, 3.05) is 19.3 Å². The summed E-state index contributed by atoms with van der Waals surface area (Å²) in [5, 5.41) is 11.9. The highest BCUT2D eigenvalue weighted by atomic mass is 127. The summed E-state index contributed by atoms with van der Waals surface area (Å²) in [4.78, 5) is 8.83. The van der Waals surface area contributed by atoms with E-state index in [0.717, 1.165) is 35.3 Å². The second kappa shape index (κ2) is 10.1. The molecule has 0 spiro atoms. The van der Waals surface area contributed by atoms with E-state index < -0.39 is 0 Å². The van der Waals surface area contributed by atoms with E-state index >= 15 is 0 Å². The van der Waals surface area contributed by atoms with E-state index in [1.165, 1.54) is 18.6 Å². The zero-order valence-corrected chi connectivity index (χ0v) is 18.7. The van der Waals surface area contributed by atoms with Crippen molar-refractivity contribution in [2.45, 2.75) is 38.5 Å².